The fourth-order valence-corrected chi connectivity index (χ4v) is 4.47. The van der Waals surface area contributed by atoms with E-state index in [9.17, 15) is 4.79 Å². The Hall–Kier alpha value is -2.33. The molecular formula is C21H25N3O. The standard InChI is InChI=1S/C21H25N3O/c22-18-10-8-17(9-11-18)19-14-24(13-16-5-2-1-3-6-16)15-21(19)12-4-7-20(25)23-21/h1-3,5-6,8-11,19H,4,7,12-15,22H2,(H,23,25)/t19-,21+/m0/s1. The zero-order valence-corrected chi connectivity index (χ0v) is 14.4. The number of likely N-dealkylation sites (tertiary alicyclic amines) is 1. The van der Waals surface area contributed by atoms with Crippen LogP contribution in [0.4, 0.5) is 5.69 Å². The number of nitrogens with one attached hydrogen (secondary N) is 1. The van der Waals surface area contributed by atoms with Gasteiger partial charge in [0.25, 0.3) is 0 Å². The largest absolute Gasteiger partial charge is 0.399 e. The molecule has 0 aliphatic carbocycles. The van der Waals surface area contributed by atoms with Gasteiger partial charge in [0.15, 0.2) is 0 Å². The molecule has 2 aromatic rings. The Kier molecular flexibility index (Phi) is 4.22. The van der Waals surface area contributed by atoms with Gasteiger partial charge in [0.2, 0.25) is 5.91 Å². The highest BCUT2D eigenvalue weighted by Gasteiger charge is 2.49. The number of carbonyl (C=O) groups is 1. The number of piperidine rings is 1. The second-order valence-electron chi connectivity index (χ2n) is 7.43. The van der Waals surface area contributed by atoms with Crippen molar-refractivity contribution in [3.8, 4) is 0 Å². The Morgan fingerprint density at radius 2 is 1.88 bits per heavy atom. The van der Waals surface area contributed by atoms with Gasteiger partial charge < -0.3 is 11.1 Å². The first-order chi connectivity index (χ1) is 12.1. The molecule has 0 saturated carbocycles. The number of hydrogen-bond acceptors (Lipinski definition) is 3. The number of hydrogen-bond donors (Lipinski definition) is 2. The molecule has 1 spiro atoms. The third-order valence-electron chi connectivity index (χ3n) is 5.62. The van der Waals surface area contributed by atoms with E-state index in [1.165, 1.54) is 11.1 Å². The molecule has 0 bridgehead atoms. The van der Waals surface area contributed by atoms with E-state index in [0.717, 1.165) is 38.2 Å². The third kappa shape index (κ3) is 3.27. The lowest BCUT2D eigenvalue weighted by atomic mass is 9.76. The van der Waals surface area contributed by atoms with Crippen LogP contribution in [0.5, 0.6) is 0 Å². The van der Waals surface area contributed by atoms with Crippen LogP contribution in [0.3, 0.4) is 0 Å². The minimum Gasteiger partial charge on any atom is -0.399 e. The van der Waals surface area contributed by atoms with E-state index in [4.69, 9.17) is 5.73 Å². The molecule has 2 saturated heterocycles. The van der Waals surface area contributed by atoms with Crippen molar-refractivity contribution in [2.24, 2.45) is 0 Å². The number of anilines is 1. The minimum absolute atomic E-state index is 0.153. The van der Waals surface area contributed by atoms with Crippen molar-refractivity contribution in [2.75, 3.05) is 18.8 Å². The van der Waals surface area contributed by atoms with Gasteiger partial charge in [-0.2, -0.15) is 0 Å². The monoisotopic (exact) mass is 335 g/mol. The molecule has 4 nitrogen and oxygen atoms in total. The second-order valence-corrected chi connectivity index (χ2v) is 7.43. The highest BCUT2D eigenvalue weighted by atomic mass is 16.1. The van der Waals surface area contributed by atoms with Gasteiger partial charge in [0.05, 0.1) is 5.54 Å². The lowest BCUT2D eigenvalue weighted by Crippen LogP contribution is -2.56. The first-order valence-corrected chi connectivity index (χ1v) is 9.07. The molecule has 2 atom stereocenters. The predicted octanol–water partition coefficient (Wildman–Crippen LogP) is 2.91. The Morgan fingerprint density at radius 3 is 2.60 bits per heavy atom. The zero-order valence-electron chi connectivity index (χ0n) is 14.4. The van der Waals surface area contributed by atoms with Crippen molar-refractivity contribution in [2.45, 2.75) is 37.3 Å². The van der Waals surface area contributed by atoms with E-state index >= 15 is 0 Å². The van der Waals surface area contributed by atoms with E-state index < -0.39 is 0 Å². The van der Waals surface area contributed by atoms with Crippen LogP contribution >= 0.6 is 0 Å². The van der Waals surface area contributed by atoms with E-state index in [0.29, 0.717) is 12.3 Å². The van der Waals surface area contributed by atoms with Crippen LogP contribution < -0.4 is 11.1 Å². The van der Waals surface area contributed by atoms with E-state index in [-0.39, 0.29) is 11.4 Å². The molecule has 4 rings (SSSR count). The summed E-state index contributed by atoms with van der Waals surface area (Å²) in [6.07, 6.45) is 2.66. The van der Waals surface area contributed by atoms with E-state index in [1.807, 2.05) is 18.2 Å². The SMILES string of the molecule is Nc1ccc([C@@H]2CN(Cc3ccccc3)C[C@]23CCCC(=O)N3)cc1. The summed E-state index contributed by atoms with van der Waals surface area (Å²) in [6, 6.07) is 18.7. The lowest BCUT2D eigenvalue weighted by molar-refractivity contribution is -0.125. The molecule has 130 valence electrons. The predicted molar refractivity (Wildman–Crippen MR) is 100 cm³/mol. The van der Waals surface area contributed by atoms with Crippen molar-refractivity contribution in [1.29, 1.82) is 0 Å². The highest BCUT2D eigenvalue weighted by molar-refractivity contribution is 5.78. The van der Waals surface area contributed by atoms with Crippen LogP contribution in [0, 0.1) is 0 Å². The molecule has 0 unspecified atom stereocenters. The number of benzene rings is 2. The van der Waals surface area contributed by atoms with Crippen LogP contribution in [0.2, 0.25) is 0 Å². The van der Waals surface area contributed by atoms with Gasteiger partial charge in [-0.15, -0.1) is 0 Å². The van der Waals surface area contributed by atoms with Crippen LogP contribution in [0.25, 0.3) is 0 Å². The Morgan fingerprint density at radius 1 is 1.12 bits per heavy atom. The van der Waals surface area contributed by atoms with Crippen LogP contribution in [0.15, 0.2) is 54.6 Å². The molecule has 0 radical (unpaired) electrons. The molecular weight excluding hydrogens is 310 g/mol. The zero-order chi connectivity index (χ0) is 17.3. The molecule has 2 aliphatic rings. The summed E-state index contributed by atoms with van der Waals surface area (Å²) >= 11 is 0. The summed E-state index contributed by atoms with van der Waals surface area (Å²) in [4.78, 5) is 14.6. The maximum Gasteiger partial charge on any atom is 0.220 e. The van der Waals surface area contributed by atoms with Gasteiger partial charge in [-0.1, -0.05) is 42.5 Å². The molecule has 4 heteroatoms. The Labute approximate surface area is 149 Å². The van der Waals surface area contributed by atoms with Gasteiger partial charge in [-0.3, -0.25) is 9.69 Å². The van der Waals surface area contributed by atoms with Crippen molar-refractivity contribution in [3.63, 3.8) is 0 Å². The number of rotatable bonds is 3. The third-order valence-corrected chi connectivity index (χ3v) is 5.62. The fourth-order valence-electron chi connectivity index (χ4n) is 4.47. The molecule has 2 fully saturated rings. The molecule has 2 aromatic carbocycles. The van der Waals surface area contributed by atoms with E-state index in [2.05, 4.69) is 46.6 Å². The smallest absolute Gasteiger partial charge is 0.220 e. The van der Waals surface area contributed by atoms with Gasteiger partial charge in [0.1, 0.15) is 0 Å². The Bertz CT molecular complexity index is 743. The number of nitrogens with zero attached hydrogens (tertiary/aromatic N) is 1. The first-order valence-electron chi connectivity index (χ1n) is 9.07. The van der Waals surface area contributed by atoms with Crippen molar-refractivity contribution in [1.82, 2.24) is 10.2 Å². The molecule has 0 aromatic heterocycles. The summed E-state index contributed by atoms with van der Waals surface area (Å²) in [6.45, 7) is 2.78. The van der Waals surface area contributed by atoms with Crippen molar-refractivity contribution >= 4 is 11.6 Å². The second kappa shape index (κ2) is 6.52. The highest BCUT2D eigenvalue weighted by Crippen LogP contribution is 2.41. The summed E-state index contributed by atoms with van der Waals surface area (Å²) in [5, 5.41) is 3.36. The number of nitrogens with two attached hydrogens (primary N) is 1. The minimum atomic E-state index is -0.153. The molecule has 25 heavy (non-hydrogen) atoms. The number of nitrogen functional groups attached to an aromatic ring is 1. The summed E-state index contributed by atoms with van der Waals surface area (Å²) in [5.41, 5.74) is 9.08. The quantitative estimate of drug-likeness (QED) is 0.848. The molecule has 3 N–H and O–H groups in total. The lowest BCUT2D eigenvalue weighted by Gasteiger charge is -2.39. The van der Waals surface area contributed by atoms with Gasteiger partial charge in [-0.05, 0) is 36.1 Å². The number of amides is 1. The maximum atomic E-state index is 12.2. The average Bonchev–Trinajstić information content (AvgIpc) is 2.93. The summed E-state index contributed by atoms with van der Waals surface area (Å²) in [5.74, 6) is 0.495. The van der Waals surface area contributed by atoms with Gasteiger partial charge >= 0.3 is 0 Å². The topological polar surface area (TPSA) is 58.4 Å². The van der Waals surface area contributed by atoms with Crippen molar-refractivity contribution < 1.29 is 4.79 Å². The van der Waals surface area contributed by atoms with Crippen LogP contribution in [-0.4, -0.2) is 29.4 Å². The fraction of sp³-hybridized carbons (Fsp3) is 0.381. The summed E-state index contributed by atoms with van der Waals surface area (Å²) in [7, 11) is 0. The van der Waals surface area contributed by atoms with Crippen LogP contribution in [0.1, 0.15) is 36.3 Å². The molecule has 2 aliphatic heterocycles. The first kappa shape index (κ1) is 16.2. The molecule has 1 amide bonds. The van der Waals surface area contributed by atoms with Crippen molar-refractivity contribution in [3.05, 3.63) is 65.7 Å². The number of carbonyl (C=O) groups excluding carboxylic acids is 1. The maximum absolute atomic E-state index is 12.2. The van der Waals surface area contributed by atoms with Gasteiger partial charge in [-0.25, -0.2) is 0 Å². The normalized spacial score (nSPS) is 26.7. The van der Waals surface area contributed by atoms with E-state index in [1.54, 1.807) is 0 Å². The average molecular weight is 335 g/mol. The summed E-state index contributed by atoms with van der Waals surface area (Å²) < 4.78 is 0. The van der Waals surface area contributed by atoms with Crippen LogP contribution in [-0.2, 0) is 11.3 Å². The Balaban J connectivity index is 1.62. The van der Waals surface area contributed by atoms with Gasteiger partial charge in [0, 0.05) is 37.7 Å². The molecule has 2 heterocycles.